The molecule has 3 aromatic rings. The van der Waals surface area contributed by atoms with E-state index in [1.807, 2.05) is 27.7 Å². The first-order valence-corrected chi connectivity index (χ1v) is 20.0. The molecule has 2 aliphatic rings. The van der Waals surface area contributed by atoms with Crippen LogP contribution in [0.1, 0.15) is 114 Å². The molecule has 1 aromatic heterocycles. The molecule has 2 N–H and O–H groups in total. The molecular formula is C44H56F4N2O5. The Balaban J connectivity index is 1.45. The van der Waals surface area contributed by atoms with Crippen molar-refractivity contribution in [3.63, 3.8) is 0 Å². The number of Topliss-reactive ketones (excluding diaryl/α,β-unsaturated/α-hetero) is 3. The smallest absolute Gasteiger partial charge is 0.381 e. The van der Waals surface area contributed by atoms with Crippen LogP contribution in [0, 0.1) is 35.4 Å². The van der Waals surface area contributed by atoms with Gasteiger partial charge in [-0.25, -0.2) is 4.39 Å². The topological polar surface area (TPSA) is 105 Å². The first kappa shape index (κ1) is 42.3. The van der Waals surface area contributed by atoms with Gasteiger partial charge in [0.2, 0.25) is 5.91 Å². The Hall–Kier alpha value is -3.86. The van der Waals surface area contributed by atoms with E-state index in [9.17, 15) is 36.7 Å². The molecule has 1 aliphatic carbocycles. The molecule has 1 saturated heterocycles. The summed E-state index contributed by atoms with van der Waals surface area (Å²) in [5.74, 6) is -2.41. The summed E-state index contributed by atoms with van der Waals surface area (Å²) in [5.41, 5.74) is -0.975. The molecule has 0 saturated carbocycles. The van der Waals surface area contributed by atoms with E-state index < -0.39 is 34.9 Å². The minimum Gasteiger partial charge on any atom is -0.381 e. The van der Waals surface area contributed by atoms with Crippen molar-refractivity contribution in [2.75, 3.05) is 13.2 Å². The van der Waals surface area contributed by atoms with Crippen molar-refractivity contribution >= 4 is 34.2 Å². The number of H-pyrrole nitrogens is 1. The minimum atomic E-state index is -4.60. The Morgan fingerprint density at radius 2 is 1.64 bits per heavy atom. The van der Waals surface area contributed by atoms with Crippen LogP contribution in [-0.2, 0) is 49.4 Å². The predicted molar refractivity (Wildman–Crippen MR) is 204 cm³/mol. The van der Waals surface area contributed by atoms with Crippen molar-refractivity contribution in [2.45, 2.75) is 123 Å². The summed E-state index contributed by atoms with van der Waals surface area (Å²) >= 11 is 0. The third-order valence-corrected chi connectivity index (χ3v) is 12.5. The molecule has 0 radical (unpaired) electrons. The number of ketones is 3. The number of carbonyl (C=O) groups excluding carboxylic acids is 4. The van der Waals surface area contributed by atoms with Gasteiger partial charge in [-0.3, -0.25) is 19.2 Å². The van der Waals surface area contributed by atoms with Crippen molar-refractivity contribution < 1.29 is 41.5 Å². The van der Waals surface area contributed by atoms with Crippen molar-refractivity contribution in [1.82, 2.24) is 10.3 Å². The van der Waals surface area contributed by atoms with E-state index >= 15 is 0 Å². The van der Waals surface area contributed by atoms with E-state index in [0.29, 0.717) is 48.6 Å². The lowest BCUT2D eigenvalue weighted by molar-refractivity contribution is -0.138. The molecule has 2 aromatic carbocycles. The van der Waals surface area contributed by atoms with Crippen molar-refractivity contribution in [2.24, 2.45) is 29.6 Å². The van der Waals surface area contributed by atoms with Crippen LogP contribution in [0.15, 0.2) is 42.5 Å². The number of aromatic amines is 1. The normalized spacial score (nSPS) is 20.0. The van der Waals surface area contributed by atoms with Gasteiger partial charge in [0.25, 0.3) is 0 Å². The van der Waals surface area contributed by atoms with E-state index in [0.717, 1.165) is 31.7 Å². The zero-order valence-electron chi connectivity index (χ0n) is 32.6. The maximum Gasteiger partial charge on any atom is 0.418 e. The van der Waals surface area contributed by atoms with Gasteiger partial charge in [-0.15, -0.1) is 0 Å². The van der Waals surface area contributed by atoms with Crippen LogP contribution in [0.25, 0.3) is 10.9 Å². The molecule has 55 heavy (non-hydrogen) atoms. The molecule has 2 unspecified atom stereocenters. The van der Waals surface area contributed by atoms with Gasteiger partial charge in [0.1, 0.15) is 22.9 Å². The fourth-order valence-electron chi connectivity index (χ4n) is 8.49. The molecule has 5 atom stereocenters. The van der Waals surface area contributed by atoms with Crippen LogP contribution < -0.4 is 5.32 Å². The average Bonchev–Trinajstić information content (AvgIpc) is 3.53. The third-order valence-electron chi connectivity index (χ3n) is 12.5. The van der Waals surface area contributed by atoms with Crippen LogP contribution in [0.5, 0.6) is 0 Å². The SMILES string of the molecule is CCC(C)[C@@H](CC(=O)CCC1CCOCC1)CC(=O)[C@@]1(NC(=O)[C@@H](CC(=O)Cc2ccccc2F)C(C)CC)CCc2[nH]c3c(C(F)(F)F)cccc3c2C1. The Labute approximate surface area is 321 Å². The number of halogens is 4. The second kappa shape index (κ2) is 18.4. The number of aromatic nitrogens is 1. The van der Waals surface area contributed by atoms with Crippen molar-refractivity contribution in [1.29, 1.82) is 0 Å². The molecule has 7 nitrogen and oxygen atoms in total. The number of carbonyl (C=O) groups is 4. The number of nitrogens with one attached hydrogen (secondary N) is 2. The maximum absolute atomic E-state index is 14.9. The lowest BCUT2D eigenvalue weighted by atomic mass is 9.72. The van der Waals surface area contributed by atoms with Gasteiger partial charge in [0.05, 0.1) is 11.1 Å². The Morgan fingerprint density at radius 3 is 2.31 bits per heavy atom. The minimum absolute atomic E-state index is 0.0179. The average molecular weight is 769 g/mol. The third kappa shape index (κ3) is 10.3. The van der Waals surface area contributed by atoms with E-state index in [4.69, 9.17) is 4.74 Å². The second-order valence-corrected chi connectivity index (χ2v) is 16.2. The highest BCUT2D eigenvalue weighted by molar-refractivity contribution is 5.97. The first-order valence-electron chi connectivity index (χ1n) is 20.0. The summed E-state index contributed by atoms with van der Waals surface area (Å²) in [7, 11) is 0. The fourth-order valence-corrected chi connectivity index (χ4v) is 8.49. The highest BCUT2D eigenvalue weighted by atomic mass is 19.4. The molecule has 11 heteroatoms. The van der Waals surface area contributed by atoms with Gasteiger partial charge in [-0.05, 0) is 79.0 Å². The number of hydrogen-bond acceptors (Lipinski definition) is 5. The first-order chi connectivity index (χ1) is 26.2. The van der Waals surface area contributed by atoms with Crippen LogP contribution in [0.2, 0.25) is 0 Å². The second-order valence-electron chi connectivity index (χ2n) is 16.2. The van der Waals surface area contributed by atoms with Gasteiger partial charge >= 0.3 is 6.18 Å². The standard InChI is InChI=1S/C44H56F4N2O5/c1-5-27(3)31(23-32(51)15-14-29-17-20-55-21-18-29)24-40(53)43(19-16-39-36(26-43)34-11-9-12-37(41(34)49-39)44(46,47)48)50-42(54)35(28(4)6-2)25-33(52)22-30-10-7-8-13-38(30)45/h7-13,27-29,31,35,49H,5-6,14-26H2,1-4H3,(H,50,54)/t27?,28?,31-,35-,43+/m0/s1. The molecule has 300 valence electrons. The van der Waals surface area contributed by atoms with E-state index in [1.54, 1.807) is 12.1 Å². The molecule has 1 aliphatic heterocycles. The largest absolute Gasteiger partial charge is 0.418 e. The van der Waals surface area contributed by atoms with Gasteiger partial charge < -0.3 is 15.0 Å². The molecular weight excluding hydrogens is 712 g/mol. The quantitative estimate of drug-likeness (QED) is 0.126. The molecule has 0 bridgehead atoms. The maximum atomic E-state index is 14.9. The molecule has 0 spiro atoms. The number of para-hydroxylation sites is 1. The van der Waals surface area contributed by atoms with Crippen LogP contribution >= 0.6 is 0 Å². The number of benzene rings is 2. The highest BCUT2D eigenvalue weighted by Crippen LogP contribution is 2.41. The van der Waals surface area contributed by atoms with Crippen LogP contribution in [0.4, 0.5) is 17.6 Å². The molecule has 1 amide bonds. The van der Waals surface area contributed by atoms with E-state index in [1.165, 1.54) is 24.3 Å². The zero-order chi connectivity index (χ0) is 39.9. The summed E-state index contributed by atoms with van der Waals surface area (Å²) in [6.45, 7) is 9.19. The summed E-state index contributed by atoms with van der Waals surface area (Å²) in [4.78, 5) is 59.1. The molecule has 5 rings (SSSR count). The summed E-state index contributed by atoms with van der Waals surface area (Å²) < 4.78 is 62.2. The monoisotopic (exact) mass is 768 g/mol. The summed E-state index contributed by atoms with van der Waals surface area (Å²) in [6.07, 6.45) is -0.0433. The lowest BCUT2D eigenvalue weighted by Crippen LogP contribution is -2.60. The molecule has 1 fully saturated rings. The van der Waals surface area contributed by atoms with Gasteiger partial charge in [-0.1, -0.05) is 70.9 Å². The van der Waals surface area contributed by atoms with Gasteiger partial charge in [-0.2, -0.15) is 13.2 Å². The number of aryl methyl sites for hydroxylation is 1. The predicted octanol–water partition coefficient (Wildman–Crippen LogP) is 9.32. The number of amides is 1. The number of alkyl halides is 3. The number of fused-ring (bicyclic) bond motifs is 3. The van der Waals surface area contributed by atoms with Crippen molar-refractivity contribution in [3.8, 4) is 0 Å². The van der Waals surface area contributed by atoms with Gasteiger partial charge in [0, 0.05) is 68.7 Å². The summed E-state index contributed by atoms with van der Waals surface area (Å²) in [6, 6.07) is 9.97. The van der Waals surface area contributed by atoms with Crippen LogP contribution in [0.3, 0.4) is 0 Å². The summed E-state index contributed by atoms with van der Waals surface area (Å²) in [5, 5.41) is 3.45. The van der Waals surface area contributed by atoms with E-state index in [-0.39, 0.29) is 91.1 Å². The Bertz CT molecular complexity index is 1830. The number of rotatable bonds is 18. The van der Waals surface area contributed by atoms with E-state index in [2.05, 4.69) is 10.3 Å². The lowest BCUT2D eigenvalue weighted by Gasteiger charge is -2.39. The van der Waals surface area contributed by atoms with Crippen LogP contribution in [-0.4, -0.2) is 47.0 Å². The number of ether oxygens (including phenoxy) is 1. The highest BCUT2D eigenvalue weighted by Gasteiger charge is 2.46. The Kier molecular flexibility index (Phi) is 14.1. The van der Waals surface area contributed by atoms with Crippen molar-refractivity contribution in [3.05, 3.63) is 70.7 Å². The molecule has 2 heterocycles. The fraction of sp³-hybridized carbons (Fsp3) is 0.591. The Morgan fingerprint density at radius 1 is 0.927 bits per heavy atom. The number of hydrogen-bond donors (Lipinski definition) is 2. The van der Waals surface area contributed by atoms with Gasteiger partial charge in [0.15, 0.2) is 5.78 Å². The zero-order valence-corrected chi connectivity index (χ0v) is 32.6.